The zero-order chi connectivity index (χ0) is 25.0. The van der Waals surface area contributed by atoms with E-state index in [4.69, 9.17) is 33.3 Å². The van der Waals surface area contributed by atoms with E-state index in [0.717, 1.165) is 23.0 Å². The van der Waals surface area contributed by atoms with Gasteiger partial charge < -0.3 is 19.4 Å². The number of aryl methyl sites for hydroxylation is 1. The Bertz CT molecular complexity index is 1370. The van der Waals surface area contributed by atoms with Gasteiger partial charge in [-0.1, -0.05) is 11.6 Å². The summed E-state index contributed by atoms with van der Waals surface area (Å²) < 4.78 is 40.2. The summed E-state index contributed by atoms with van der Waals surface area (Å²) in [4.78, 5) is 0.247. The number of thiocarbonyl (C=S) groups is 1. The first kappa shape index (κ1) is 25.4. The molecule has 12 heteroatoms. The van der Waals surface area contributed by atoms with Crippen LogP contribution in [0.1, 0.15) is 12.5 Å². The first-order valence-electron chi connectivity index (χ1n) is 11.0. The van der Waals surface area contributed by atoms with Crippen molar-refractivity contribution in [3.63, 3.8) is 0 Å². The summed E-state index contributed by atoms with van der Waals surface area (Å²) >= 11 is 11.5. The summed E-state index contributed by atoms with van der Waals surface area (Å²) in [5, 5.41) is 8.77. The molecule has 1 aromatic heterocycles. The van der Waals surface area contributed by atoms with Crippen molar-refractivity contribution in [2.75, 3.05) is 38.7 Å². The summed E-state index contributed by atoms with van der Waals surface area (Å²) in [6.07, 6.45) is 3.55. The molecule has 1 fully saturated rings. The van der Waals surface area contributed by atoms with Gasteiger partial charge in [0.15, 0.2) is 5.11 Å². The maximum atomic E-state index is 13.1. The second-order valence-electron chi connectivity index (χ2n) is 7.74. The summed E-state index contributed by atoms with van der Waals surface area (Å²) in [6.45, 7) is 4.24. The third-order valence-corrected chi connectivity index (χ3v) is 7.99. The molecule has 1 aliphatic heterocycles. The number of hydrogen-bond donors (Lipinski definition) is 2. The quantitative estimate of drug-likeness (QED) is 0.271. The van der Waals surface area contributed by atoms with Gasteiger partial charge in [-0.3, -0.25) is 5.43 Å². The number of morpholine rings is 1. The van der Waals surface area contributed by atoms with Crippen molar-refractivity contribution < 1.29 is 17.9 Å². The third-order valence-electron chi connectivity index (χ3n) is 5.61. The molecule has 4 rings (SSSR count). The summed E-state index contributed by atoms with van der Waals surface area (Å²) in [6, 6.07) is 10.4. The molecule has 35 heavy (non-hydrogen) atoms. The Morgan fingerprint density at radius 1 is 1.26 bits per heavy atom. The number of rotatable bonds is 7. The highest BCUT2D eigenvalue weighted by molar-refractivity contribution is 7.89. The molecule has 1 aliphatic rings. The standard InChI is InChI=1S/C23H26ClN5O4S2/c1-3-28-15-16(14-25-27-23(34)26-17-4-7-22(32-2)20(24)12-17)19-13-18(5-6-21(19)28)35(30,31)29-8-10-33-11-9-29/h4-7,12-15H,3,8-11H2,1-2H3,(H2,26,27,34)/b25-14+. The van der Waals surface area contributed by atoms with Gasteiger partial charge in [0.05, 0.1) is 36.5 Å². The molecule has 0 aliphatic carbocycles. The number of methoxy groups -OCH3 is 1. The normalized spacial score (nSPS) is 14.9. The molecule has 0 amide bonds. The van der Waals surface area contributed by atoms with Gasteiger partial charge in [-0.05, 0) is 55.5 Å². The van der Waals surface area contributed by atoms with Crippen LogP contribution in [0.25, 0.3) is 10.9 Å². The fourth-order valence-corrected chi connectivity index (χ4v) is 5.69. The zero-order valence-corrected chi connectivity index (χ0v) is 21.7. The Kier molecular flexibility index (Phi) is 7.92. The van der Waals surface area contributed by atoms with Crippen LogP contribution in [0.15, 0.2) is 52.6 Å². The number of anilines is 1. The van der Waals surface area contributed by atoms with Crippen molar-refractivity contribution in [3.8, 4) is 5.75 Å². The van der Waals surface area contributed by atoms with Gasteiger partial charge in [0.2, 0.25) is 10.0 Å². The van der Waals surface area contributed by atoms with Crippen molar-refractivity contribution in [2.24, 2.45) is 5.10 Å². The average molecular weight is 536 g/mol. The van der Waals surface area contributed by atoms with Gasteiger partial charge in [0, 0.05) is 48.0 Å². The number of nitrogens with zero attached hydrogens (tertiary/aromatic N) is 3. The van der Waals surface area contributed by atoms with E-state index < -0.39 is 10.0 Å². The molecule has 1 saturated heterocycles. The lowest BCUT2D eigenvalue weighted by atomic mass is 10.2. The Labute approximate surface area is 214 Å². The lowest BCUT2D eigenvalue weighted by Gasteiger charge is -2.26. The molecule has 0 spiro atoms. The first-order valence-corrected chi connectivity index (χ1v) is 13.2. The Balaban J connectivity index is 1.53. The zero-order valence-electron chi connectivity index (χ0n) is 19.3. The lowest BCUT2D eigenvalue weighted by Crippen LogP contribution is -2.40. The first-order chi connectivity index (χ1) is 16.8. The van der Waals surface area contributed by atoms with Gasteiger partial charge in [-0.15, -0.1) is 0 Å². The highest BCUT2D eigenvalue weighted by Gasteiger charge is 2.27. The number of hydrogen-bond acceptors (Lipinski definition) is 6. The summed E-state index contributed by atoms with van der Waals surface area (Å²) in [7, 11) is -2.06. The van der Waals surface area contributed by atoms with E-state index in [2.05, 4.69) is 15.8 Å². The molecule has 9 nitrogen and oxygen atoms in total. The van der Waals surface area contributed by atoms with Crippen LogP contribution in [0.3, 0.4) is 0 Å². The number of nitrogens with one attached hydrogen (secondary N) is 2. The number of aromatic nitrogens is 1. The van der Waals surface area contributed by atoms with Crippen molar-refractivity contribution >= 4 is 61.8 Å². The van der Waals surface area contributed by atoms with Gasteiger partial charge in [0.1, 0.15) is 5.75 Å². The second kappa shape index (κ2) is 10.9. The number of ether oxygens (including phenoxy) is 2. The molecule has 3 aromatic rings. The van der Waals surface area contributed by atoms with E-state index in [1.165, 1.54) is 4.31 Å². The molecular formula is C23H26ClN5O4S2. The van der Waals surface area contributed by atoms with Crippen LogP contribution in [-0.2, 0) is 21.3 Å². The smallest absolute Gasteiger partial charge is 0.243 e. The minimum Gasteiger partial charge on any atom is -0.495 e. The van der Waals surface area contributed by atoms with E-state index in [1.54, 1.807) is 43.7 Å². The number of benzene rings is 2. The van der Waals surface area contributed by atoms with Crippen molar-refractivity contribution in [3.05, 3.63) is 53.2 Å². The van der Waals surface area contributed by atoms with Crippen LogP contribution >= 0.6 is 23.8 Å². The molecule has 2 heterocycles. The molecule has 2 N–H and O–H groups in total. The Morgan fingerprint density at radius 2 is 2.03 bits per heavy atom. The van der Waals surface area contributed by atoms with E-state index in [-0.39, 0.29) is 10.0 Å². The van der Waals surface area contributed by atoms with E-state index in [9.17, 15) is 8.42 Å². The van der Waals surface area contributed by atoms with Crippen molar-refractivity contribution in [1.82, 2.24) is 14.3 Å². The van der Waals surface area contributed by atoms with Crippen LogP contribution in [0.2, 0.25) is 5.02 Å². The van der Waals surface area contributed by atoms with Crippen LogP contribution in [0, 0.1) is 0 Å². The van der Waals surface area contributed by atoms with E-state index >= 15 is 0 Å². The summed E-state index contributed by atoms with van der Waals surface area (Å²) in [5.41, 5.74) is 5.15. The predicted octanol–water partition coefficient (Wildman–Crippen LogP) is 3.66. The van der Waals surface area contributed by atoms with E-state index in [1.807, 2.05) is 23.8 Å². The van der Waals surface area contributed by atoms with Gasteiger partial charge in [0.25, 0.3) is 0 Å². The number of halogens is 1. The maximum Gasteiger partial charge on any atom is 0.243 e. The number of fused-ring (bicyclic) bond motifs is 1. The molecule has 0 atom stereocenters. The minimum absolute atomic E-state index is 0.247. The molecule has 0 unspecified atom stereocenters. The monoisotopic (exact) mass is 535 g/mol. The molecule has 0 saturated carbocycles. The topological polar surface area (TPSA) is 97.2 Å². The van der Waals surface area contributed by atoms with Crippen LogP contribution in [0.4, 0.5) is 5.69 Å². The van der Waals surface area contributed by atoms with Crippen LogP contribution in [0.5, 0.6) is 5.75 Å². The molecule has 0 bridgehead atoms. The minimum atomic E-state index is -3.61. The molecular weight excluding hydrogens is 510 g/mol. The van der Waals surface area contributed by atoms with Gasteiger partial charge in [-0.2, -0.15) is 9.41 Å². The highest BCUT2D eigenvalue weighted by Crippen LogP contribution is 2.28. The Hall–Kier alpha value is -2.70. The fourth-order valence-electron chi connectivity index (χ4n) is 3.83. The fraction of sp³-hybridized carbons (Fsp3) is 0.304. The summed E-state index contributed by atoms with van der Waals surface area (Å²) in [5.74, 6) is 0.566. The van der Waals surface area contributed by atoms with E-state index in [0.29, 0.717) is 42.8 Å². The van der Waals surface area contributed by atoms with Gasteiger partial charge in [-0.25, -0.2) is 8.42 Å². The third kappa shape index (κ3) is 5.60. The van der Waals surface area contributed by atoms with Crippen molar-refractivity contribution in [1.29, 1.82) is 0 Å². The maximum absolute atomic E-state index is 13.1. The predicted molar refractivity (Wildman–Crippen MR) is 142 cm³/mol. The molecule has 2 aromatic carbocycles. The SMILES string of the molecule is CCn1cc(/C=N/NC(=S)Nc2ccc(OC)c(Cl)c2)c2cc(S(=O)(=O)N3CCOCC3)ccc21. The number of hydrazone groups is 1. The largest absolute Gasteiger partial charge is 0.495 e. The Morgan fingerprint density at radius 3 is 2.71 bits per heavy atom. The highest BCUT2D eigenvalue weighted by atomic mass is 35.5. The van der Waals surface area contributed by atoms with Crippen LogP contribution < -0.4 is 15.5 Å². The second-order valence-corrected chi connectivity index (χ2v) is 10.5. The molecule has 0 radical (unpaired) electrons. The van der Waals surface area contributed by atoms with Crippen molar-refractivity contribution in [2.45, 2.75) is 18.4 Å². The lowest BCUT2D eigenvalue weighted by molar-refractivity contribution is 0.0730. The molecule has 186 valence electrons. The number of sulfonamides is 1. The van der Waals surface area contributed by atoms with Gasteiger partial charge >= 0.3 is 0 Å². The average Bonchev–Trinajstić information content (AvgIpc) is 3.22. The van der Waals surface area contributed by atoms with Crippen LogP contribution in [-0.4, -0.2) is 62.0 Å².